The maximum Gasteiger partial charge on any atom is 0.0303 e. The zero-order valence-electron chi connectivity index (χ0n) is 10.2. The Morgan fingerprint density at radius 3 is 2.57 bits per heavy atom. The molecule has 0 aromatic rings. The second-order valence-corrected chi connectivity index (χ2v) is 5.11. The van der Waals surface area contributed by atoms with Gasteiger partial charge in [-0.1, -0.05) is 13.8 Å². The predicted octanol–water partition coefficient (Wildman–Crippen LogP) is 2.23. The van der Waals surface area contributed by atoms with E-state index in [0.29, 0.717) is 6.04 Å². The summed E-state index contributed by atoms with van der Waals surface area (Å²) in [4.78, 5) is 2.63. The van der Waals surface area contributed by atoms with Gasteiger partial charge in [0.05, 0.1) is 0 Å². The first-order valence-electron chi connectivity index (χ1n) is 6.02. The molecule has 1 saturated heterocycles. The zero-order chi connectivity index (χ0) is 10.8. The van der Waals surface area contributed by atoms with Crippen LogP contribution >= 0.6 is 0 Å². The molecular formula is C12H26N2. The molecule has 0 saturated carbocycles. The third kappa shape index (κ3) is 2.12. The number of hydrogen-bond acceptors (Lipinski definition) is 2. The lowest BCUT2D eigenvalue weighted by Crippen LogP contribution is -2.58. The summed E-state index contributed by atoms with van der Waals surface area (Å²) >= 11 is 0. The van der Waals surface area contributed by atoms with Crippen LogP contribution in [0.3, 0.4) is 0 Å². The molecule has 1 aliphatic rings. The van der Waals surface area contributed by atoms with E-state index in [1.54, 1.807) is 0 Å². The Kier molecular flexibility index (Phi) is 3.96. The Morgan fingerprint density at radius 1 is 1.43 bits per heavy atom. The lowest BCUT2D eigenvalue weighted by atomic mass is 9.85. The van der Waals surface area contributed by atoms with E-state index in [0.717, 1.165) is 18.9 Å². The Bertz CT molecular complexity index is 175. The fraction of sp³-hybridized carbons (Fsp3) is 1.00. The van der Waals surface area contributed by atoms with Crippen LogP contribution in [0, 0.1) is 5.92 Å². The Labute approximate surface area is 88.8 Å². The average Bonchev–Trinajstić information content (AvgIpc) is 2.21. The lowest BCUT2D eigenvalue weighted by Gasteiger charge is -2.48. The first-order chi connectivity index (χ1) is 6.55. The van der Waals surface area contributed by atoms with E-state index in [2.05, 4.69) is 32.6 Å². The minimum Gasteiger partial charge on any atom is -0.329 e. The van der Waals surface area contributed by atoms with Gasteiger partial charge in [0, 0.05) is 18.1 Å². The van der Waals surface area contributed by atoms with Gasteiger partial charge in [0.1, 0.15) is 0 Å². The van der Waals surface area contributed by atoms with E-state index >= 15 is 0 Å². The van der Waals surface area contributed by atoms with E-state index in [1.807, 2.05) is 0 Å². The van der Waals surface area contributed by atoms with Crippen molar-refractivity contribution in [1.29, 1.82) is 0 Å². The number of nitrogens with two attached hydrogens (primary N) is 1. The Hall–Kier alpha value is -0.0800. The zero-order valence-corrected chi connectivity index (χ0v) is 10.2. The van der Waals surface area contributed by atoms with Crippen LogP contribution in [0.25, 0.3) is 0 Å². The van der Waals surface area contributed by atoms with Crippen molar-refractivity contribution in [3.05, 3.63) is 0 Å². The van der Waals surface area contributed by atoms with Gasteiger partial charge in [0.25, 0.3) is 0 Å². The van der Waals surface area contributed by atoms with Crippen molar-refractivity contribution in [2.75, 3.05) is 13.1 Å². The van der Waals surface area contributed by atoms with Crippen molar-refractivity contribution < 1.29 is 0 Å². The minimum atomic E-state index is 0.216. The number of rotatable bonds is 3. The monoisotopic (exact) mass is 198 g/mol. The molecular weight excluding hydrogens is 172 g/mol. The highest BCUT2D eigenvalue weighted by Crippen LogP contribution is 2.30. The molecule has 1 heterocycles. The second-order valence-electron chi connectivity index (χ2n) is 5.11. The molecule has 2 heteroatoms. The maximum atomic E-state index is 5.91. The van der Waals surface area contributed by atoms with Crippen LogP contribution in [-0.4, -0.2) is 29.6 Å². The first-order valence-corrected chi connectivity index (χ1v) is 6.02. The molecule has 0 aromatic carbocycles. The van der Waals surface area contributed by atoms with Crippen LogP contribution in [-0.2, 0) is 0 Å². The molecule has 0 aromatic heterocycles. The smallest absolute Gasteiger partial charge is 0.0303 e. The molecule has 3 unspecified atom stereocenters. The Balaban J connectivity index is 2.74. The normalized spacial score (nSPS) is 34.1. The fourth-order valence-corrected chi connectivity index (χ4v) is 2.56. The van der Waals surface area contributed by atoms with E-state index < -0.39 is 0 Å². The van der Waals surface area contributed by atoms with Gasteiger partial charge in [-0.15, -0.1) is 0 Å². The average molecular weight is 198 g/mol. The summed E-state index contributed by atoms with van der Waals surface area (Å²) in [7, 11) is 0. The first kappa shape index (κ1) is 12.0. The lowest BCUT2D eigenvalue weighted by molar-refractivity contribution is 0.0124. The standard InChI is InChI=1S/C12H26N2/c1-5-12(4,9-13)14-8-6-7-10(2)11(14)3/h10-11H,5-9,13H2,1-4H3. The number of piperidine rings is 1. The van der Waals surface area contributed by atoms with Crippen molar-refractivity contribution >= 4 is 0 Å². The SMILES string of the molecule is CCC(C)(CN)N1CCCC(C)C1C. The molecule has 1 rings (SSSR count). The molecule has 84 valence electrons. The van der Waals surface area contributed by atoms with Gasteiger partial charge in [0.2, 0.25) is 0 Å². The molecule has 0 aliphatic carbocycles. The Morgan fingerprint density at radius 2 is 2.07 bits per heavy atom. The van der Waals surface area contributed by atoms with Gasteiger partial charge >= 0.3 is 0 Å². The highest BCUT2D eigenvalue weighted by molar-refractivity contribution is 4.92. The summed E-state index contributed by atoms with van der Waals surface area (Å²) in [5.74, 6) is 0.821. The van der Waals surface area contributed by atoms with Crippen molar-refractivity contribution in [2.45, 2.75) is 58.5 Å². The van der Waals surface area contributed by atoms with E-state index in [-0.39, 0.29) is 5.54 Å². The van der Waals surface area contributed by atoms with Gasteiger partial charge in [0.15, 0.2) is 0 Å². The molecule has 0 amide bonds. The van der Waals surface area contributed by atoms with Crippen LogP contribution in [0.4, 0.5) is 0 Å². The van der Waals surface area contributed by atoms with Crippen LogP contribution in [0.15, 0.2) is 0 Å². The van der Waals surface area contributed by atoms with Crippen LogP contribution in [0.5, 0.6) is 0 Å². The van der Waals surface area contributed by atoms with Crippen molar-refractivity contribution in [2.24, 2.45) is 11.7 Å². The molecule has 1 aliphatic heterocycles. The summed E-state index contributed by atoms with van der Waals surface area (Å²) in [6, 6.07) is 0.692. The van der Waals surface area contributed by atoms with Gasteiger partial charge in [-0.3, -0.25) is 4.90 Å². The summed E-state index contributed by atoms with van der Waals surface area (Å²) in [6.45, 7) is 11.3. The largest absolute Gasteiger partial charge is 0.329 e. The summed E-state index contributed by atoms with van der Waals surface area (Å²) in [5.41, 5.74) is 6.13. The van der Waals surface area contributed by atoms with E-state index in [1.165, 1.54) is 19.4 Å². The van der Waals surface area contributed by atoms with E-state index in [4.69, 9.17) is 5.73 Å². The highest BCUT2D eigenvalue weighted by atomic mass is 15.2. The summed E-state index contributed by atoms with van der Waals surface area (Å²) in [5, 5.41) is 0. The predicted molar refractivity (Wildman–Crippen MR) is 62.3 cm³/mol. The third-order valence-corrected chi connectivity index (χ3v) is 4.27. The summed E-state index contributed by atoms with van der Waals surface area (Å²) in [6.07, 6.45) is 3.86. The van der Waals surface area contributed by atoms with Crippen LogP contribution in [0.2, 0.25) is 0 Å². The minimum absolute atomic E-state index is 0.216. The maximum absolute atomic E-state index is 5.91. The number of likely N-dealkylation sites (tertiary alicyclic amines) is 1. The second kappa shape index (κ2) is 4.63. The molecule has 0 spiro atoms. The van der Waals surface area contributed by atoms with Gasteiger partial charge < -0.3 is 5.73 Å². The van der Waals surface area contributed by atoms with Crippen molar-refractivity contribution in [3.63, 3.8) is 0 Å². The fourth-order valence-electron chi connectivity index (χ4n) is 2.56. The summed E-state index contributed by atoms with van der Waals surface area (Å²) < 4.78 is 0. The molecule has 2 N–H and O–H groups in total. The molecule has 0 bridgehead atoms. The molecule has 2 nitrogen and oxygen atoms in total. The third-order valence-electron chi connectivity index (χ3n) is 4.27. The van der Waals surface area contributed by atoms with Crippen molar-refractivity contribution in [3.8, 4) is 0 Å². The van der Waals surface area contributed by atoms with Gasteiger partial charge in [-0.2, -0.15) is 0 Å². The van der Waals surface area contributed by atoms with Gasteiger partial charge in [-0.05, 0) is 45.6 Å². The number of nitrogens with zero attached hydrogens (tertiary/aromatic N) is 1. The number of hydrogen-bond donors (Lipinski definition) is 1. The molecule has 1 fully saturated rings. The van der Waals surface area contributed by atoms with Crippen LogP contribution < -0.4 is 5.73 Å². The van der Waals surface area contributed by atoms with Crippen LogP contribution in [0.1, 0.15) is 47.0 Å². The van der Waals surface area contributed by atoms with E-state index in [9.17, 15) is 0 Å². The van der Waals surface area contributed by atoms with Gasteiger partial charge in [-0.25, -0.2) is 0 Å². The molecule has 3 atom stereocenters. The molecule has 0 radical (unpaired) electrons. The highest BCUT2D eigenvalue weighted by Gasteiger charge is 2.36. The molecule has 14 heavy (non-hydrogen) atoms. The topological polar surface area (TPSA) is 29.3 Å². The quantitative estimate of drug-likeness (QED) is 0.753. The van der Waals surface area contributed by atoms with Crippen molar-refractivity contribution in [1.82, 2.24) is 4.90 Å².